The number of likely N-dealkylation sites (tertiary alicyclic amines) is 1. The summed E-state index contributed by atoms with van der Waals surface area (Å²) in [7, 11) is 0. The van der Waals surface area contributed by atoms with Gasteiger partial charge in [-0.15, -0.1) is 0 Å². The molecule has 2 aromatic rings. The van der Waals surface area contributed by atoms with E-state index in [-0.39, 0.29) is 17.8 Å². The molecule has 1 saturated heterocycles. The Bertz CT molecular complexity index is 773. The van der Waals surface area contributed by atoms with Crippen LogP contribution in [0, 0.1) is 12.7 Å². The van der Waals surface area contributed by atoms with Crippen molar-refractivity contribution < 1.29 is 13.9 Å². The summed E-state index contributed by atoms with van der Waals surface area (Å²) in [6, 6.07) is 15.0. The number of benzene rings is 2. The largest absolute Gasteiger partial charge is 0.493 e. The van der Waals surface area contributed by atoms with Gasteiger partial charge >= 0.3 is 0 Å². The molecule has 0 saturated carbocycles. The zero-order valence-corrected chi connectivity index (χ0v) is 16.5. The van der Waals surface area contributed by atoms with E-state index in [4.69, 9.17) is 4.74 Å². The molecule has 1 amide bonds. The van der Waals surface area contributed by atoms with Crippen LogP contribution in [-0.4, -0.2) is 36.5 Å². The minimum Gasteiger partial charge on any atom is -0.493 e. The van der Waals surface area contributed by atoms with E-state index in [0.29, 0.717) is 25.2 Å². The molecule has 1 aliphatic rings. The van der Waals surface area contributed by atoms with Crippen LogP contribution in [0.3, 0.4) is 0 Å². The molecule has 1 N–H and O–H groups in total. The predicted molar refractivity (Wildman–Crippen MR) is 109 cm³/mol. The van der Waals surface area contributed by atoms with Crippen LogP contribution in [0.5, 0.6) is 5.75 Å². The molecule has 4 nitrogen and oxygen atoms in total. The number of piperidine rings is 1. The van der Waals surface area contributed by atoms with Gasteiger partial charge in [0, 0.05) is 38.2 Å². The van der Waals surface area contributed by atoms with Crippen molar-refractivity contribution in [1.82, 2.24) is 10.2 Å². The van der Waals surface area contributed by atoms with Crippen LogP contribution in [0.25, 0.3) is 0 Å². The van der Waals surface area contributed by atoms with E-state index >= 15 is 0 Å². The van der Waals surface area contributed by atoms with Crippen molar-refractivity contribution in [2.24, 2.45) is 0 Å². The number of carbonyl (C=O) groups excluding carboxylic acids is 1. The molecule has 2 aromatic carbocycles. The van der Waals surface area contributed by atoms with Crippen LogP contribution in [0.4, 0.5) is 4.39 Å². The van der Waals surface area contributed by atoms with E-state index in [2.05, 4.69) is 41.4 Å². The normalized spacial score (nSPS) is 15.4. The number of amides is 1. The molecule has 1 heterocycles. The minimum atomic E-state index is -0.316. The first kappa shape index (κ1) is 20.3. The van der Waals surface area contributed by atoms with Gasteiger partial charge in [-0.25, -0.2) is 4.39 Å². The summed E-state index contributed by atoms with van der Waals surface area (Å²) in [5.41, 5.74) is 2.64. The lowest BCUT2D eigenvalue weighted by molar-refractivity contribution is -0.122. The van der Waals surface area contributed by atoms with E-state index in [9.17, 15) is 9.18 Å². The monoisotopic (exact) mass is 384 g/mol. The van der Waals surface area contributed by atoms with Crippen LogP contribution < -0.4 is 10.1 Å². The van der Waals surface area contributed by atoms with Crippen LogP contribution in [0.15, 0.2) is 48.5 Å². The minimum absolute atomic E-state index is 0.0694. The Hall–Kier alpha value is -2.40. The molecule has 0 aliphatic carbocycles. The van der Waals surface area contributed by atoms with Gasteiger partial charge in [0.1, 0.15) is 11.6 Å². The molecule has 28 heavy (non-hydrogen) atoms. The molecular weight excluding hydrogens is 355 g/mol. The second-order valence-corrected chi connectivity index (χ2v) is 7.52. The fourth-order valence-corrected chi connectivity index (χ4v) is 3.58. The Morgan fingerprint density at radius 2 is 1.96 bits per heavy atom. The first-order valence-corrected chi connectivity index (χ1v) is 10.0. The lowest BCUT2D eigenvalue weighted by Crippen LogP contribution is -2.44. The number of aryl methyl sites for hydroxylation is 1. The van der Waals surface area contributed by atoms with Gasteiger partial charge in [-0.05, 0) is 43.9 Å². The van der Waals surface area contributed by atoms with E-state index in [1.54, 1.807) is 12.1 Å². The summed E-state index contributed by atoms with van der Waals surface area (Å²) in [6.45, 7) is 5.50. The Kier molecular flexibility index (Phi) is 7.43. The van der Waals surface area contributed by atoms with Crippen molar-refractivity contribution in [2.45, 2.75) is 45.2 Å². The maximum Gasteiger partial charge on any atom is 0.220 e. The van der Waals surface area contributed by atoms with Crippen molar-refractivity contribution in [3.05, 3.63) is 65.5 Å². The average Bonchev–Trinajstić information content (AvgIpc) is 2.67. The van der Waals surface area contributed by atoms with Crippen molar-refractivity contribution in [3.63, 3.8) is 0 Å². The fourth-order valence-electron chi connectivity index (χ4n) is 3.58. The Morgan fingerprint density at radius 3 is 2.71 bits per heavy atom. The number of hydrogen-bond acceptors (Lipinski definition) is 3. The smallest absolute Gasteiger partial charge is 0.220 e. The molecule has 0 atom stereocenters. The van der Waals surface area contributed by atoms with Gasteiger partial charge in [-0.3, -0.25) is 9.69 Å². The third kappa shape index (κ3) is 6.64. The molecule has 0 bridgehead atoms. The molecule has 3 rings (SSSR count). The topological polar surface area (TPSA) is 41.6 Å². The zero-order valence-electron chi connectivity index (χ0n) is 16.5. The van der Waals surface area contributed by atoms with E-state index in [1.165, 1.54) is 23.3 Å². The number of nitrogens with zero attached hydrogens (tertiary/aromatic N) is 1. The lowest BCUT2D eigenvalue weighted by atomic mass is 10.0. The van der Waals surface area contributed by atoms with Crippen LogP contribution in [-0.2, 0) is 11.3 Å². The molecule has 0 spiro atoms. The summed E-state index contributed by atoms with van der Waals surface area (Å²) in [5.74, 6) is 0.255. The van der Waals surface area contributed by atoms with E-state index in [0.717, 1.165) is 32.5 Å². The Balaban J connectivity index is 1.30. The number of hydrogen-bond donors (Lipinski definition) is 1. The van der Waals surface area contributed by atoms with Gasteiger partial charge in [0.25, 0.3) is 0 Å². The highest BCUT2D eigenvalue weighted by atomic mass is 19.1. The molecule has 0 aromatic heterocycles. The molecule has 150 valence electrons. The number of carbonyl (C=O) groups is 1. The SMILES string of the molecule is Cc1cccc(CN2CCC(NC(=O)CCCOc3cccc(F)c3)CC2)c1. The summed E-state index contributed by atoms with van der Waals surface area (Å²) in [5, 5.41) is 3.14. The summed E-state index contributed by atoms with van der Waals surface area (Å²) in [4.78, 5) is 14.6. The highest BCUT2D eigenvalue weighted by Gasteiger charge is 2.20. The third-order valence-electron chi connectivity index (χ3n) is 5.05. The van der Waals surface area contributed by atoms with Crippen molar-refractivity contribution in [1.29, 1.82) is 0 Å². The van der Waals surface area contributed by atoms with Crippen LogP contribution >= 0.6 is 0 Å². The van der Waals surface area contributed by atoms with Gasteiger partial charge in [0.05, 0.1) is 6.61 Å². The second-order valence-electron chi connectivity index (χ2n) is 7.52. The summed E-state index contributed by atoms with van der Waals surface area (Å²) < 4.78 is 18.6. The Morgan fingerprint density at radius 1 is 1.18 bits per heavy atom. The maximum absolute atomic E-state index is 13.1. The van der Waals surface area contributed by atoms with E-state index in [1.807, 2.05) is 0 Å². The average molecular weight is 384 g/mol. The molecule has 1 aliphatic heterocycles. The Labute approximate surface area is 166 Å². The lowest BCUT2D eigenvalue weighted by Gasteiger charge is -2.32. The second kappa shape index (κ2) is 10.2. The number of halogens is 1. The predicted octanol–water partition coefficient (Wildman–Crippen LogP) is 4.07. The quantitative estimate of drug-likeness (QED) is 0.698. The first-order chi connectivity index (χ1) is 13.6. The van der Waals surface area contributed by atoms with Crippen molar-refractivity contribution in [2.75, 3.05) is 19.7 Å². The maximum atomic E-state index is 13.1. The van der Waals surface area contributed by atoms with Crippen LogP contribution in [0.2, 0.25) is 0 Å². The van der Waals surface area contributed by atoms with Gasteiger partial charge < -0.3 is 10.1 Å². The molecule has 0 unspecified atom stereocenters. The fraction of sp³-hybridized carbons (Fsp3) is 0.435. The summed E-state index contributed by atoms with van der Waals surface area (Å²) in [6.07, 6.45) is 3.02. The van der Waals surface area contributed by atoms with Gasteiger partial charge in [-0.2, -0.15) is 0 Å². The third-order valence-corrected chi connectivity index (χ3v) is 5.05. The molecule has 0 radical (unpaired) electrons. The summed E-state index contributed by atoms with van der Waals surface area (Å²) >= 11 is 0. The van der Waals surface area contributed by atoms with Crippen molar-refractivity contribution in [3.8, 4) is 5.75 Å². The van der Waals surface area contributed by atoms with Gasteiger partial charge in [0.2, 0.25) is 5.91 Å². The van der Waals surface area contributed by atoms with E-state index < -0.39 is 0 Å². The van der Waals surface area contributed by atoms with Crippen molar-refractivity contribution >= 4 is 5.91 Å². The standard InChI is InChI=1S/C23H29FN2O2/c1-18-5-2-6-19(15-18)17-26-12-10-21(11-13-26)25-23(27)9-4-14-28-22-8-3-7-20(24)16-22/h2-3,5-8,15-16,21H,4,9-14,17H2,1H3,(H,25,27). The zero-order chi connectivity index (χ0) is 19.8. The number of ether oxygens (including phenoxy) is 1. The first-order valence-electron chi connectivity index (χ1n) is 10.0. The highest BCUT2D eigenvalue weighted by molar-refractivity contribution is 5.76. The molecule has 1 fully saturated rings. The van der Waals surface area contributed by atoms with Crippen LogP contribution in [0.1, 0.15) is 36.8 Å². The highest BCUT2D eigenvalue weighted by Crippen LogP contribution is 2.15. The number of rotatable bonds is 8. The molecular formula is C23H29FN2O2. The molecule has 5 heteroatoms. The number of nitrogens with one attached hydrogen (secondary N) is 1. The van der Waals surface area contributed by atoms with Gasteiger partial charge in [0.15, 0.2) is 0 Å². The van der Waals surface area contributed by atoms with Gasteiger partial charge in [-0.1, -0.05) is 35.9 Å².